The van der Waals surface area contributed by atoms with E-state index in [2.05, 4.69) is 35.1 Å². The molecule has 0 fully saturated rings. The summed E-state index contributed by atoms with van der Waals surface area (Å²) in [7, 11) is 1.63. The van der Waals surface area contributed by atoms with Crippen LogP contribution in [0, 0.1) is 5.92 Å². The molecule has 0 bridgehead atoms. The van der Waals surface area contributed by atoms with Crippen LogP contribution in [0.15, 0.2) is 34.8 Å². The summed E-state index contributed by atoms with van der Waals surface area (Å²) in [4.78, 5) is 0. The maximum Gasteiger partial charge on any atom is 0.175 e. The van der Waals surface area contributed by atoms with Crippen LogP contribution in [0.2, 0.25) is 10.0 Å². The summed E-state index contributed by atoms with van der Waals surface area (Å²) < 4.78 is 12.3. The molecular formula is C20H24BrCl2NO2. The van der Waals surface area contributed by atoms with Crippen LogP contribution in [0.5, 0.6) is 11.5 Å². The molecule has 0 atom stereocenters. The van der Waals surface area contributed by atoms with Gasteiger partial charge in [0.25, 0.3) is 0 Å². The predicted molar refractivity (Wildman–Crippen MR) is 113 cm³/mol. The molecule has 0 amide bonds. The SMILES string of the molecule is COc1cc(CNCCC(C)C)cc(Br)c1OCc1c(Cl)cccc1Cl. The number of hydrogen-bond acceptors (Lipinski definition) is 3. The van der Waals surface area contributed by atoms with Gasteiger partial charge in [-0.15, -0.1) is 0 Å². The third kappa shape index (κ3) is 6.05. The number of benzene rings is 2. The van der Waals surface area contributed by atoms with Gasteiger partial charge in [-0.1, -0.05) is 43.1 Å². The molecule has 0 aliphatic rings. The largest absolute Gasteiger partial charge is 0.493 e. The topological polar surface area (TPSA) is 30.5 Å². The Morgan fingerprint density at radius 2 is 1.85 bits per heavy atom. The van der Waals surface area contributed by atoms with E-state index in [0.717, 1.165) is 35.1 Å². The van der Waals surface area contributed by atoms with E-state index in [-0.39, 0.29) is 6.61 Å². The summed E-state index contributed by atoms with van der Waals surface area (Å²) in [6.45, 7) is 6.47. The first-order valence-corrected chi connectivity index (χ1v) is 10.1. The van der Waals surface area contributed by atoms with Gasteiger partial charge in [0.15, 0.2) is 11.5 Å². The zero-order valence-electron chi connectivity index (χ0n) is 15.2. The first-order chi connectivity index (χ1) is 12.4. The van der Waals surface area contributed by atoms with E-state index in [1.165, 1.54) is 0 Å². The summed E-state index contributed by atoms with van der Waals surface area (Å²) in [5.74, 6) is 1.99. The summed E-state index contributed by atoms with van der Waals surface area (Å²) in [5.41, 5.74) is 1.88. The van der Waals surface area contributed by atoms with Crippen molar-refractivity contribution in [3.63, 3.8) is 0 Å². The van der Waals surface area contributed by atoms with Crippen LogP contribution in [0.4, 0.5) is 0 Å². The molecular weight excluding hydrogens is 437 g/mol. The highest BCUT2D eigenvalue weighted by atomic mass is 79.9. The van der Waals surface area contributed by atoms with Gasteiger partial charge in [0.1, 0.15) is 6.61 Å². The zero-order valence-corrected chi connectivity index (χ0v) is 18.3. The molecule has 0 aromatic heterocycles. The van der Waals surface area contributed by atoms with Crippen molar-refractivity contribution in [1.29, 1.82) is 0 Å². The van der Waals surface area contributed by atoms with Gasteiger partial charge < -0.3 is 14.8 Å². The number of nitrogens with one attached hydrogen (secondary N) is 1. The highest BCUT2D eigenvalue weighted by molar-refractivity contribution is 9.10. The molecule has 0 aliphatic carbocycles. The van der Waals surface area contributed by atoms with Crippen LogP contribution in [0.1, 0.15) is 31.4 Å². The van der Waals surface area contributed by atoms with Crippen molar-refractivity contribution in [2.24, 2.45) is 5.92 Å². The van der Waals surface area contributed by atoms with Crippen LogP contribution >= 0.6 is 39.1 Å². The normalized spacial score (nSPS) is 11.0. The van der Waals surface area contributed by atoms with Gasteiger partial charge in [-0.25, -0.2) is 0 Å². The molecule has 1 N–H and O–H groups in total. The Hall–Kier alpha value is -0.940. The van der Waals surface area contributed by atoms with Gasteiger partial charge in [-0.05, 0) is 64.6 Å². The van der Waals surface area contributed by atoms with Crippen molar-refractivity contribution in [3.05, 3.63) is 56.0 Å². The molecule has 3 nitrogen and oxygen atoms in total. The van der Waals surface area contributed by atoms with Crippen molar-refractivity contribution >= 4 is 39.1 Å². The van der Waals surface area contributed by atoms with Gasteiger partial charge in [0.05, 0.1) is 11.6 Å². The average molecular weight is 461 g/mol. The predicted octanol–water partition coefficient (Wildman–Crippen LogP) is 6.48. The quantitative estimate of drug-likeness (QED) is 0.434. The fourth-order valence-corrected chi connectivity index (χ4v) is 3.56. The van der Waals surface area contributed by atoms with Crippen LogP contribution in [-0.2, 0) is 13.2 Å². The molecule has 0 aliphatic heterocycles. The van der Waals surface area contributed by atoms with E-state index in [1.54, 1.807) is 19.2 Å². The second kappa shape index (κ2) is 10.4. The molecule has 2 aromatic carbocycles. The monoisotopic (exact) mass is 459 g/mol. The Kier molecular flexibility index (Phi) is 8.55. The molecule has 0 radical (unpaired) electrons. The first kappa shape index (κ1) is 21.4. The molecule has 6 heteroatoms. The minimum Gasteiger partial charge on any atom is -0.493 e. The second-order valence-corrected chi connectivity index (χ2v) is 8.13. The number of rotatable bonds is 9. The minimum absolute atomic E-state index is 0.263. The van der Waals surface area contributed by atoms with Crippen molar-refractivity contribution < 1.29 is 9.47 Å². The molecule has 142 valence electrons. The fourth-order valence-electron chi connectivity index (χ4n) is 2.45. The van der Waals surface area contributed by atoms with Gasteiger partial charge >= 0.3 is 0 Å². The van der Waals surface area contributed by atoms with E-state index in [9.17, 15) is 0 Å². The highest BCUT2D eigenvalue weighted by Crippen LogP contribution is 2.38. The average Bonchev–Trinajstić information content (AvgIpc) is 2.59. The molecule has 0 spiro atoms. The summed E-state index contributed by atoms with van der Waals surface area (Å²) in [6, 6.07) is 9.42. The van der Waals surface area contributed by atoms with Crippen molar-refractivity contribution in [2.75, 3.05) is 13.7 Å². The third-order valence-corrected chi connectivity index (χ3v) is 5.24. The van der Waals surface area contributed by atoms with Crippen molar-refractivity contribution in [3.8, 4) is 11.5 Å². The molecule has 0 heterocycles. The maximum atomic E-state index is 6.21. The number of hydrogen-bond donors (Lipinski definition) is 1. The standard InChI is InChI=1S/C20H24BrCl2NO2/c1-13(2)7-8-24-11-14-9-16(21)20(19(10-14)25-3)26-12-15-17(22)5-4-6-18(15)23/h4-6,9-10,13,24H,7-8,11-12H2,1-3H3. The van der Waals surface area contributed by atoms with Crippen LogP contribution in [-0.4, -0.2) is 13.7 Å². The summed E-state index contributed by atoms with van der Waals surface area (Å²) in [5, 5.41) is 4.62. The van der Waals surface area contributed by atoms with E-state index < -0.39 is 0 Å². The molecule has 26 heavy (non-hydrogen) atoms. The Morgan fingerprint density at radius 1 is 1.15 bits per heavy atom. The Labute approximate surface area is 174 Å². The lowest BCUT2D eigenvalue weighted by Gasteiger charge is -2.16. The Bertz CT molecular complexity index is 718. The van der Waals surface area contributed by atoms with Gasteiger partial charge in [-0.2, -0.15) is 0 Å². The first-order valence-electron chi connectivity index (χ1n) is 8.55. The molecule has 0 unspecified atom stereocenters. The number of halogens is 3. The summed E-state index contributed by atoms with van der Waals surface area (Å²) >= 11 is 16.0. The van der Waals surface area contributed by atoms with Crippen LogP contribution < -0.4 is 14.8 Å². The third-order valence-electron chi connectivity index (χ3n) is 3.94. The molecule has 2 aromatic rings. The van der Waals surface area contributed by atoms with Crippen molar-refractivity contribution in [2.45, 2.75) is 33.4 Å². The van der Waals surface area contributed by atoms with E-state index in [0.29, 0.717) is 27.5 Å². The molecule has 0 saturated carbocycles. The van der Waals surface area contributed by atoms with Crippen molar-refractivity contribution in [1.82, 2.24) is 5.32 Å². The zero-order chi connectivity index (χ0) is 19.1. The van der Waals surface area contributed by atoms with E-state index in [4.69, 9.17) is 32.7 Å². The maximum absolute atomic E-state index is 6.21. The second-order valence-electron chi connectivity index (χ2n) is 6.46. The van der Waals surface area contributed by atoms with Crippen LogP contribution in [0.3, 0.4) is 0 Å². The Balaban J connectivity index is 2.09. The lowest BCUT2D eigenvalue weighted by atomic mass is 10.1. The lowest BCUT2D eigenvalue weighted by molar-refractivity contribution is 0.282. The number of methoxy groups -OCH3 is 1. The van der Waals surface area contributed by atoms with Gasteiger partial charge in [0, 0.05) is 22.2 Å². The smallest absolute Gasteiger partial charge is 0.175 e. The van der Waals surface area contributed by atoms with Gasteiger partial charge in [-0.3, -0.25) is 0 Å². The van der Waals surface area contributed by atoms with Gasteiger partial charge in [0.2, 0.25) is 0 Å². The Morgan fingerprint density at radius 3 is 2.46 bits per heavy atom. The minimum atomic E-state index is 0.263. The fraction of sp³-hybridized carbons (Fsp3) is 0.400. The molecule has 2 rings (SSSR count). The van der Waals surface area contributed by atoms with E-state index >= 15 is 0 Å². The number of ether oxygens (including phenoxy) is 2. The van der Waals surface area contributed by atoms with E-state index in [1.807, 2.05) is 18.2 Å². The summed E-state index contributed by atoms with van der Waals surface area (Å²) in [6.07, 6.45) is 1.15. The molecule has 0 saturated heterocycles. The highest BCUT2D eigenvalue weighted by Gasteiger charge is 2.14. The van der Waals surface area contributed by atoms with Crippen LogP contribution in [0.25, 0.3) is 0 Å². The lowest BCUT2D eigenvalue weighted by Crippen LogP contribution is -2.16.